The average molecular weight is 381 g/mol. The van der Waals surface area contributed by atoms with E-state index in [1.165, 1.54) is 25.5 Å². The quantitative estimate of drug-likeness (QED) is 0.757. The number of carbonyl (C=O) groups excluding carboxylic acids is 2. The Morgan fingerprint density at radius 3 is 2.39 bits per heavy atom. The molecule has 28 heavy (non-hydrogen) atoms. The third-order valence-corrected chi connectivity index (χ3v) is 7.31. The van der Waals surface area contributed by atoms with E-state index < -0.39 is 12.1 Å². The lowest BCUT2D eigenvalue weighted by Gasteiger charge is -2.56. The molecule has 6 nitrogen and oxygen atoms in total. The largest absolute Gasteiger partial charge is 0.451 e. The third kappa shape index (κ3) is 2.68. The SMILES string of the molecule is Cc1nn(C)c2ncc(C(=O)O[C@H](C)C(=O)C34CC5CC(CC(C5)C3)C4)cc12. The van der Waals surface area contributed by atoms with E-state index in [1.54, 1.807) is 17.7 Å². The highest BCUT2D eigenvalue weighted by molar-refractivity contribution is 5.96. The first-order valence-corrected chi connectivity index (χ1v) is 10.4. The zero-order chi connectivity index (χ0) is 19.6. The number of carbonyl (C=O) groups is 2. The van der Waals surface area contributed by atoms with Crippen molar-refractivity contribution in [1.29, 1.82) is 0 Å². The number of hydrogen-bond acceptors (Lipinski definition) is 5. The van der Waals surface area contributed by atoms with Crippen LogP contribution in [0.25, 0.3) is 11.0 Å². The van der Waals surface area contributed by atoms with Crippen molar-refractivity contribution in [3.05, 3.63) is 23.5 Å². The van der Waals surface area contributed by atoms with E-state index in [-0.39, 0.29) is 11.2 Å². The van der Waals surface area contributed by atoms with Gasteiger partial charge in [0.1, 0.15) is 0 Å². The second-order valence-electron chi connectivity index (χ2n) is 9.41. The number of nitrogens with zero attached hydrogens (tertiary/aromatic N) is 3. The van der Waals surface area contributed by atoms with Gasteiger partial charge in [-0.05, 0) is 76.2 Å². The van der Waals surface area contributed by atoms with Gasteiger partial charge in [0.25, 0.3) is 0 Å². The van der Waals surface area contributed by atoms with Gasteiger partial charge in [0, 0.05) is 24.0 Å². The number of Topliss-reactive ketones (excluding diaryl/α,β-unsaturated/α-hetero) is 1. The normalized spacial score (nSPS) is 31.9. The first-order chi connectivity index (χ1) is 13.3. The highest BCUT2D eigenvalue weighted by Crippen LogP contribution is 2.60. The predicted molar refractivity (Wildman–Crippen MR) is 104 cm³/mol. The number of esters is 1. The number of aromatic nitrogens is 3. The number of pyridine rings is 1. The number of rotatable bonds is 4. The van der Waals surface area contributed by atoms with Gasteiger partial charge in [-0.3, -0.25) is 9.48 Å². The van der Waals surface area contributed by atoms with E-state index in [0.29, 0.717) is 23.3 Å². The van der Waals surface area contributed by atoms with Crippen molar-refractivity contribution < 1.29 is 14.3 Å². The van der Waals surface area contributed by atoms with E-state index >= 15 is 0 Å². The molecule has 2 aromatic rings. The second kappa shape index (κ2) is 6.13. The lowest BCUT2D eigenvalue weighted by molar-refractivity contribution is -0.152. The minimum absolute atomic E-state index is 0.131. The topological polar surface area (TPSA) is 74.1 Å². The number of ketones is 1. The Kier molecular flexibility index (Phi) is 3.90. The first kappa shape index (κ1) is 17.8. The van der Waals surface area contributed by atoms with Crippen molar-refractivity contribution >= 4 is 22.8 Å². The molecule has 6 rings (SSSR count). The minimum atomic E-state index is -0.713. The van der Waals surface area contributed by atoms with Crippen molar-refractivity contribution in [3.8, 4) is 0 Å². The van der Waals surface area contributed by atoms with Crippen molar-refractivity contribution in [2.45, 2.75) is 58.5 Å². The average Bonchev–Trinajstić information content (AvgIpc) is 2.93. The van der Waals surface area contributed by atoms with Crippen LogP contribution in [0.5, 0.6) is 0 Å². The molecule has 148 valence electrons. The Balaban J connectivity index is 1.34. The molecule has 0 aromatic carbocycles. The highest BCUT2D eigenvalue weighted by Gasteiger charge is 2.55. The van der Waals surface area contributed by atoms with Gasteiger partial charge in [-0.1, -0.05) is 0 Å². The summed E-state index contributed by atoms with van der Waals surface area (Å²) in [5, 5.41) is 5.16. The Hall–Kier alpha value is -2.24. The summed E-state index contributed by atoms with van der Waals surface area (Å²) in [4.78, 5) is 30.4. The molecule has 4 bridgehead atoms. The molecule has 1 atom stereocenters. The molecule has 0 aliphatic heterocycles. The maximum atomic E-state index is 13.3. The maximum absolute atomic E-state index is 13.3. The van der Waals surface area contributed by atoms with Crippen LogP contribution in [-0.4, -0.2) is 32.6 Å². The standard InChI is InChI=1S/C22H27N3O3/c1-12-18-7-17(11-23-20(18)25(3)24-12)21(27)28-13(2)19(26)22-8-14-4-15(9-22)6-16(5-14)10-22/h7,11,13-16H,4-6,8-10H2,1-3H3/t13-,14?,15?,16?,22?/m1/s1. The van der Waals surface area contributed by atoms with E-state index in [2.05, 4.69) is 10.1 Å². The molecule has 4 aliphatic rings. The zero-order valence-corrected chi connectivity index (χ0v) is 16.8. The smallest absolute Gasteiger partial charge is 0.340 e. The molecule has 2 aromatic heterocycles. The van der Waals surface area contributed by atoms with E-state index in [1.807, 2.05) is 14.0 Å². The molecule has 0 N–H and O–H groups in total. The van der Waals surface area contributed by atoms with Crippen LogP contribution in [0, 0.1) is 30.1 Å². The molecule has 6 heteroatoms. The Morgan fingerprint density at radius 2 is 1.79 bits per heavy atom. The molecule has 0 saturated heterocycles. The number of aryl methyl sites for hydroxylation is 2. The fourth-order valence-electron chi connectivity index (χ4n) is 6.55. The second-order valence-corrected chi connectivity index (χ2v) is 9.41. The molecule has 4 saturated carbocycles. The molecular weight excluding hydrogens is 354 g/mol. The van der Waals surface area contributed by atoms with Crippen LogP contribution in [0.4, 0.5) is 0 Å². The Bertz CT molecular complexity index is 942. The van der Waals surface area contributed by atoms with E-state index in [9.17, 15) is 9.59 Å². The maximum Gasteiger partial charge on any atom is 0.340 e. The summed E-state index contributed by atoms with van der Waals surface area (Å²) in [6, 6.07) is 1.76. The van der Waals surface area contributed by atoms with Crippen LogP contribution in [0.3, 0.4) is 0 Å². The summed E-state index contributed by atoms with van der Waals surface area (Å²) in [7, 11) is 1.83. The highest BCUT2D eigenvalue weighted by atomic mass is 16.5. The minimum Gasteiger partial charge on any atom is -0.451 e. The summed E-state index contributed by atoms with van der Waals surface area (Å²) in [6.45, 7) is 3.62. The van der Waals surface area contributed by atoms with Crippen LogP contribution in [0.2, 0.25) is 0 Å². The van der Waals surface area contributed by atoms with Crippen molar-refractivity contribution in [2.24, 2.45) is 30.2 Å². The molecule has 0 radical (unpaired) electrons. The molecule has 0 spiro atoms. The predicted octanol–water partition coefficient (Wildman–Crippen LogP) is 3.61. The summed E-state index contributed by atoms with van der Waals surface area (Å²) in [5.41, 5.74) is 1.66. The van der Waals surface area contributed by atoms with Gasteiger partial charge in [0.05, 0.1) is 11.3 Å². The summed E-state index contributed by atoms with van der Waals surface area (Å²) >= 11 is 0. The number of fused-ring (bicyclic) bond motifs is 1. The molecule has 0 unspecified atom stereocenters. The summed E-state index contributed by atoms with van der Waals surface area (Å²) < 4.78 is 7.32. The lowest BCUT2D eigenvalue weighted by atomic mass is 9.48. The molecular formula is C22H27N3O3. The molecule has 4 fully saturated rings. The van der Waals surface area contributed by atoms with Crippen LogP contribution in [0.1, 0.15) is 61.5 Å². The zero-order valence-electron chi connectivity index (χ0n) is 16.8. The van der Waals surface area contributed by atoms with Gasteiger partial charge in [-0.2, -0.15) is 5.10 Å². The van der Waals surface area contributed by atoms with Crippen LogP contribution >= 0.6 is 0 Å². The third-order valence-electron chi connectivity index (χ3n) is 7.31. The Morgan fingerprint density at radius 1 is 1.18 bits per heavy atom. The Labute approximate surface area is 164 Å². The van der Waals surface area contributed by atoms with Gasteiger partial charge >= 0.3 is 5.97 Å². The van der Waals surface area contributed by atoms with Gasteiger partial charge in [-0.15, -0.1) is 0 Å². The fourth-order valence-corrected chi connectivity index (χ4v) is 6.55. The van der Waals surface area contributed by atoms with Crippen LogP contribution in [0.15, 0.2) is 12.3 Å². The van der Waals surface area contributed by atoms with Crippen LogP contribution < -0.4 is 0 Å². The monoisotopic (exact) mass is 381 g/mol. The number of hydrogen-bond donors (Lipinski definition) is 0. The van der Waals surface area contributed by atoms with E-state index in [4.69, 9.17) is 4.74 Å². The number of ether oxygens (including phenoxy) is 1. The molecule has 0 amide bonds. The summed E-state index contributed by atoms with van der Waals surface area (Å²) in [6.07, 6.45) is 7.62. The van der Waals surface area contributed by atoms with Crippen molar-refractivity contribution in [2.75, 3.05) is 0 Å². The van der Waals surface area contributed by atoms with Gasteiger partial charge in [0.15, 0.2) is 17.5 Å². The van der Waals surface area contributed by atoms with Gasteiger partial charge in [0.2, 0.25) is 0 Å². The van der Waals surface area contributed by atoms with E-state index in [0.717, 1.165) is 36.0 Å². The van der Waals surface area contributed by atoms with Crippen molar-refractivity contribution in [1.82, 2.24) is 14.8 Å². The van der Waals surface area contributed by atoms with Gasteiger partial charge in [-0.25, -0.2) is 9.78 Å². The van der Waals surface area contributed by atoms with Gasteiger partial charge < -0.3 is 4.74 Å². The fraction of sp³-hybridized carbons (Fsp3) is 0.636. The summed E-state index contributed by atoms with van der Waals surface area (Å²) in [5.74, 6) is 1.73. The van der Waals surface area contributed by atoms with Crippen LogP contribution in [-0.2, 0) is 16.6 Å². The van der Waals surface area contributed by atoms with Crippen molar-refractivity contribution in [3.63, 3.8) is 0 Å². The molecule has 2 heterocycles. The lowest BCUT2D eigenvalue weighted by Crippen LogP contribution is -2.52. The first-order valence-electron chi connectivity index (χ1n) is 10.4. The molecule has 4 aliphatic carbocycles.